The van der Waals surface area contributed by atoms with Crippen LogP contribution in [0.5, 0.6) is 0 Å². The van der Waals surface area contributed by atoms with Crippen molar-refractivity contribution in [3.8, 4) is 11.1 Å². The minimum Gasteiger partial charge on any atom is -0.456 e. The van der Waals surface area contributed by atoms with Crippen molar-refractivity contribution in [3.05, 3.63) is 149 Å². The van der Waals surface area contributed by atoms with Crippen LogP contribution in [0.15, 0.2) is 126 Å². The second-order valence-corrected chi connectivity index (χ2v) is 13.3. The summed E-state index contributed by atoms with van der Waals surface area (Å²) in [6.45, 7) is 4.74. The summed E-state index contributed by atoms with van der Waals surface area (Å²) in [5.74, 6) is 1.02. The van der Waals surface area contributed by atoms with Crippen LogP contribution in [0.2, 0.25) is 0 Å². The molecule has 1 fully saturated rings. The first-order valence-corrected chi connectivity index (χ1v) is 16.1. The second-order valence-electron chi connectivity index (χ2n) is 13.3. The Balaban J connectivity index is 1.27. The molecule has 5 aromatic carbocycles. The van der Waals surface area contributed by atoms with Crippen LogP contribution in [0.1, 0.15) is 54.4 Å². The predicted octanol–water partition coefficient (Wildman–Crippen LogP) is 9.44. The monoisotopic (exact) mass is 583 g/mol. The number of nitrogens with one attached hydrogen (secondary N) is 1. The maximum absolute atomic E-state index is 6.65. The molecule has 3 heterocycles. The van der Waals surface area contributed by atoms with Crippen LogP contribution in [-0.4, -0.2) is 10.8 Å². The molecule has 7 aromatic rings. The maximum atomic E-state index is 6.65. The van der Waals surface area contributed by atoms with Crippen molar-refractivity contribution in [2.24, 2.45) is 0 Å². The van der Waals surface area contributed by atoms with Crippen LogP contribution in [0.3, 0.4) is 0 Å². The Kier molecular flexibility index (Phi) is 5.05. The summed E-state index contributed by atoms with van der Waals surface area (Å²) in [5.41, 5.74) is 12.6. The van der Waals surface area contributed by atoms with Crippen molar-refractivity contribution in [1.29, 1.82) is 0 Å². The number of rotatable bonds is 3. The summed E-state index contributed by atoms with van der Waals surface area (Å²) in [7, 11) is 0. The molecule has 0 spiro atoms. The zero-order chi connectivity index (χ0) is 29.9. The zero-order valence-corrected chi connectivity index (χ0v) is 25.4. The first kappa shape index (κ1) is 25.3. The fraction of sp³-hybridized carbons (Fsp3) is 0.171. The van der Waals surface area contributed by atoms with E-state index < -0.39 is 0 Å². The molecule has 1 N–H and O–H groups in total. The number of hydrogen-bond donors (Lipinski definition) is 1. The van der Waals surface area contributed by atoms with Gasteiger partial charge in [0.25, 0.3) is 0 Å². The van der Waals surface area contributed by atoms with E-state index in [1.807, 2.05) is 0 Å². The summed E-state index contributed by atoms with van der Waals surface area (Å²) in [5, 5.41) is 10.4. The van der Waals surface area contributed by atoms with Gasteiger partial charge in [0.15, 0.2) is 0 Å². The van der Waals surface area contributed by atoms with Crippen molar-refractivity contribution >= 4 is 38.3 Å². The standard InChI is InChI=1S/C41H33N3O/c1-41(2)32-20-9-6-17-30(32)36-33(41)24-23-28-26-15-7-10-21-34(26)43(37(28)36)44-39(25-13-4-3-5-14-25)42-40(44)31-19-12-18-29-27-16-8-11-22-35(27)45-38(29)31/h3-11,13-17,19-24,39-40,42H,12,18H2,1-2H3. The average molecular weight is 584 g/mol. The first-order chi connectivity index (χ1) is 22.1. The number of para-hydroxylation sites is 2. The van der Waals surface area contributed by atoms with Crippen LogP contribution in [-0.2, 0) is 11.8 Å². The van der Waals surface area contributed by atoms with Gasteiger partial charge in [-0.1, -0.05) is 123 Å². The molecule has 10 rings (SSSR count). The van der Waals surface area contributed by atoms with Crippen LogP contribution in [0, 0.1) is 0 Å². The van der Waals surface area contributed by atoms with Gasteiger partial charge in [0.05, 0.1) is 11.0 Å². The Morgan fingerprint density at radius 3 is 2.36 bits per heavy atom. The highest BCUT2D eigenvalue weighted by atomic mass is 16.3. The summed E-state index contributed by atoms with van der Waals surface area (Å²) in [4.78, 5) is 0. The van der Waals surface area contributed by atoms with Gasteiger partial charge in [0.1, 0.15) is 23.7 Å². The van der Waals surface area contributed by atoms with Gasteiger partial charge in [-0.15, -0.1) is 0 Å². The van der Waals surface area contributed by atoms with Crippen molar-refractivity contribution in [2.45, 2.75) is 44.4 Å². The van der Waals surface area contributed by atoms with Gasteiger partial charge in [-0.25, -0.2) is 0 Å². The average Bonchev–Trinajstić information content (AvgIpc) is 3.68. The van der Waals surface area contributed by atoms with E-state index in [2.05, 4.69) is 150 Å². The molecule has 0 saturated carbocycles. The van der Waals surface area contributed by atoms with Crippen molar-refractivity contribution < 1.29 is 4.42 Å². The lowest BCUT2D eigenvalue weighted by atomic mass is 9.82. The van der Waals surface area contributed by atoms with Gasteiger partial charge in [-0.2, -0.15) is 0 Å². The van der Waals surface area contributed by atoms with Crippen LogP contribution < -0.4 is 10.3 Å². The molecule has 0 amide bonds. The highest BCUT2D eigenvalue weighted by molar-refractivity contribution is 6.15. The largest absolute Gasteiger partial charge is 0.456 e. The van der Waals surface area contributed by atoms with Gasteiger partial charge in [0, 0.05) is 38.3 Å². The fourth-order valence-corrected chi connectivity index (χ4v) is 8.46. The zero-order valence-electron chi connectivity index (χ0n) is 25.4. The van der Waals surface area contributed by atoms with Gasteiger partial charge in [-0.3, -0.25) is 15.0 Å². The van der Waals surface area contributed by atoms with Crippen molar-refractivity contribution in [2.75, 3.05) is 5.01 Å². The number of furan rings is 1. The molecule has 4 nitrogen and oxygen atoms in total. The molecule has 2 aliphatic carbocycles. The Hall–Kier alpha value is -5.06. The summed E-state index contributed by atoms with van der Waals surface area (Å²) in [6, 6.07) is 42.0. The molecule has 0 bridgehead atoms. The third kappa shape index (κ3) is 3.30. The number of aromatic nitrogens is 1. The molecule has 1 saturated heterocycles. The third-order valence-electron chi connectivity index (χ3n) is 10.6. The van der Waals surface area contributed by atoms with E-state index in [-0.39, 0.29) is 17.7 Å². The van der Waals surface area contributed by atoms with E-state index >= 15 is 0 Å². The van der Waals surface area contributed by atoms with Crippen LogP contribution >= 0.6 is 0 Å². The van der Waals surface area contributed by atoms with Gasteiger partial charge in [0.2, 0.25) is 0 Å². The molecular formula is C41H33N3O. The lowest BCUT2D eigenvalue weighted by Crippen LogP contribution is -2.68. The first-order valence-electron chi connectivity index (χ1n) is 16.1. The minimum atomic E-state index is -0.0814. The van der Waals surface area contributed by atoms with E-state index in [1.54, 1.807) is 0 Å². The molecule has 2 aromatic heterocycles. The van der Waals surface area contributed by atoms with Gasteiger partial charge in [-0.05, 0) is 47.2 Å². The number of fused-ring (bicyclic) bond motifs is 10. The molecule has 4 heteroatoms. The number of hydrogen-bond acceptors (Lipinski definition) is 3. The van der Waals surface area contributed by atoms with E-state index in [4.69, 9.17) is 4.42 Å². The smallest absolute Gasteiger partial charge is 0.137 e. The summed E-state index contributed by atoms with van der Waals surface area (Å²) < 4.78 is 9.19. The number of allylic oxidation sites excluding steroid dienone is 1. The summed E-state index contributed by atoms with van der Waals surface area (Å²) >= 11 is 0. The second kappa shape index (κ2) is 8.99. The molecule has 2 unspecified atom stereocenters. The lowest BCUT2D eigenvalue weighted by molar-refractivity contribution is 0.252. The normalized spacial score (nSPS) is 19.8. The summed E-state index contributed by atoms with van der Waals surface area (Å²) in [6.07, 6.45) is 4.32. The number of aryl methyl sites for hydroxylation is 1. The van der Waals surface area contributed by atoms with Crippen LogP contribution in [0.25, 0.3) is 49.5 Å². The molecule has 218 valence electrons. The highest BCUT2D eigenvalue weighted by Gasteiger charge is 2.46. The fourth-order valence-electron chi connectivity index (χ4n) is 8.46. The Morgan fingerprint density at radius 2 is 1.47 bits per heavy atom. The number of benzene rings is 5. The van der Waals surface area contributed by atoms with Crippen LogP contribution in [0.4, 0.5) is 0 Å². The topological polar surface area (TPSA) is 33.3 Å². The lowest BCUT2D eigenvalue weighted by Gasteiger charge is -2.53. The van der Waals surface area contributed by atoms with Gasteiger partial charge >= 0.3 is 0 Å². The Labute approximate surface area is 262 Å². The molecule has 3 aliphatic rings. The maximum Gasteiger partial charge on any atom is 0.137 e. The molecule has 45 heavy (non-hydrogen) atoms. The highest BCUT2D eigenvalue weighted by Crippen LogP contribution is 2.53. The molecule has 0 radical (unpaired) electrons. The Morgan fingerprint density at radius 1 is 0.711 bits per heavy atom. The van der Waals surface area contributed by atoms with E-state index in [0.717, 1.165) is 24.2 Å². The number of nitrogens with zero attached hydrogens (tertiary/aromatic N) is 2. The molecule has 1 aliphatic heterocycles. The Bertz CT molecular complexity index is 2360. The quantitative estimate of drug-likeness (QED) is 0.225. The third-order valence-corrected chi connectivity index (χ3v) is 10.6. The minimum absolute atomic E-state index is 0.00799. The van der Waals surface area contributed by atoms with E-state index in [9.17, 15) is 0 Å². The van der Waals surface area contributed by atoms with Crippen molar-refractivity contribution in [3.63, 3.8) is 0 Å². The van der Waals surface area contributed by atoms with Gasteiger partial charge < -0.3 is 4.42 Å². The molecular weight excluding hydrogens is 550 g/mol. The van der Waals surface area contributed by atoms with E-state index in [1.165, 1.54) is 66.1 Å². The SMILES string of the molecule is CC1(C)c2ccccc2-c2c1ccc1c3ccccc3n(N3C(C4=CCCc5c4oc4ccccc54)NC3c3ccccc3)c21. The van der Waals surface area contributed by atoms with Crippen molar-refractivity contribution in [1.82, 2.24) is 9.99 Å². The molecule has 2 atom stereocenters. The predicted molar refractivity (Wildman–Crippen MR) is 184 cm³/mol. The van der Waals surface area contributed by atoms with E-state index in [0.29, 0.717) is 0 Å².